The quantitative estimate of drug-likeness (QED) is 0.510. The van der Waals surface area contributed by atoms with Gasteiger partial charge in [-0.25, -0.2) is 15.0 Å². The van der Waals surface area contributed by atoms with Crippen molar-refractivity contribution in [2.45, 2.75) is 25.3 Å². The predicted octanol–water partition coefficient (Wildman–Crippen LogP) is 5.07. The molecule has 26 heavy (non-hydrogen) atoms. The van der Waals surface area contributed by atoms with Crippen molar-refractivity contribution in [2.24, 2.45) is 0 Å². The van der Waals surface area contributed by atoms with Crippen LogP contribution in [0, 0.1) is 0 Å². The minimum absolute atomic E-state index is 0.664. The summed E-state index contributed by atoms with van der Waals surface area (Å²) in [6.45, 7) is 0.727. The van der Waals surface area contributed by atoms with Crippen molar-refractivity contribution in [3.8, 4) is 11.4 Å². The zero-order valence-corrected chi connectivity index (χ0v) is 14.9. The molecule has 0 N–H and O–H groups in total. The number of halogens is 1. The normalized spacial score (nSPS) is 14.0. The van der Waals surface area contributed by atoms with E-state index in [0.29, 0.717) is 5.92 Å². The van der Waals surface area contributed by atoms with Crippen molar-refractivity contribution < 1.29 is 0 Å². The van der Waals surface area contributed by atoms with Crippen molar-refractivity contribution in [3.05, 3.63) is 77.3 Å². The molecule has 0 aliphatic heterocycles. The Morgan fingerprint density at radius 3 is 2.50 bits per heavy atom. The van der Waals surface area contributed by atoms with Crippen molar-refractivity contribution in [3.63, 3.8) is 0 Å². The fraction of sp³-hybridized carbons (Fsp3) is 0.190. The predicted molar refractivity (Wildman–Crippen MR) is 103 cm³/mol. The fourth-order valence-corrected chi connectivity index (χ4v) is 3.44. The molecule has 5 heteroatoms. The van der Waals surface area contributed by atoms with E-state index in [9.17, 15) is 0 Å². The highest BCUT2D eigenvalue weighted by molar-refractivity contribution is 6.30. The fourth-order valence-electron chi connectivity index (χ4n) is 3.31. The van der Waals surface area contributed by atoms with Crippen LogP contribution < -0.4 is 0 Å². The highest BCUT2D eigenvalue weighted by atomic mass is 35.5. The SMILES string of the molecule is Clc1ccc(Cn2cc(-c3ncc(C4CC4)cn3)c3cccnc32)cc1. The van der Waals surface area contributed by atoms with E-state index in [1.807, 2.05) is 48.9 Å². The number of nitrogens with zero attached hydrogens (tertiary/aromatic N) is 4. The Balaban J connectivity index is 1.56. The number of hydrogen-bond donors (Lipinski definition) is 0. The van der Waals surface area contributed by atoms with E-state index in [0.717, 1.165) is 34.0 Å². The second-order valence-electron chi connectivity index (χ2n) is 6.79. The maximum Gasteiger partial charge on any atom is 0.161 e. The van der Waals surface area contributed by atoms with Crippen LogP contribution in [0.25, 0.3) is 22.4 Å². The number of fused-ring (bicyclic) bond motifs is 1. The van der Waals surface area contributed by atoms with E-state index in [2.05, 4.69) is 31.8 Å². The van der Waals surface area contributed by atoms with Gasteiger partial charge in [0.1, 0.15) is 5.65 Å². The first kappa shape index (κ1) is 15.5. The summed E-state index contributed by atoms with van der Waals surface area (Å²) in [6, 6.07) is 11.9. The maximum atomic E-state index is 6.00. The molecule has 5 rings (SSSR count). The average Bonchev–Trinajstić information content (AvgIpc) is 3.47. The van der Waals surface area contributed by atoms with Crippen LogP contribution in [0.1, 0.15) is 29.9 Å². The van der Waals surface area contributed by atoms with Gasteiger partial charge < -0.3 is 4.57 Å². The van der Waals surface area contributed by atoms with Crippen molar-refractivity contribution >= 4 is 22.6 Å². The number of aromatic nitrogens is 4. The average molecular weight is 361 g/mol. The molecular weight excluding hydrogens is 344 g/mol. The molecule has 1 fully saturated rings. The topological polar surface area (TPSA) is 43.6 Å². The lowest BCUT2D eigenvalue weighted by Gasteiger charge is -2.04. The monoisotopic (exact) mass is 360 g/mol. The second-order valence-corrected chi connectivity index (χ2v) is 7.22. The van der Waals surface area contributed by atoms with Gasteiger partial charge in [0, 0.05) is 47.3 Å². The van der Waals surface area contributed by atoms with Crippen LogP contribution in [0.4, 0.5) is 0 Å². The molecule has 128 valence electrons. The molecule has 4 nitrogen and oxygen atoms in total. The van der Waals surface area contributed by atoms with Crippen LogP contribution in [0.15, 0.2) is 61.2 Å². The Kier molecular flexibility index (Phi) is 3.71. The molecule has 0 amide bonds. The van der Waals surface area contributed by atoms with Gasteiger partial charge in [0.25, 0.3) is 0 Å². The van der Waals surface area contributed by atoms with Gasteiger partial charge in [0.2, 0.25) is 0 Å². The van der Waals surface area contributed by atoms with Gasteiger partial charge in [-0.2, -0.15) is 0 Å². The third kappa shape index (κ3) is 2.86. The standard InChI is InChI=1S/C21H17ClN4/c22-17-7-3-14(4-8-17)12-26-13-19(18-2-1-9-23-21(18)26)20-24-10-16(11-25-20)15-5-6-15/h1-4,7-11,13,15H,5-6,12H2. The highest BCUT2D eigenvalue weighted by Gasteiger charge is 2.24. The Bertz CT molecular complexity index is 1060. The zero-order chi connectivity index (χ0) is 17.5. The van der Waals surface area contributed by atoms with Crippen LogP contribution in [0.2, 0.25) is 5.02 Å². The molecule has 3 aromatic heterocycles. The van der Waals surface area contributed by atoms with Gasteiger partial charge in [0.05, 0.1) is 0 Å². The minimum atomic E-state index is 0.664. The van der Waals surface area contributed by atoms with E-state index in [4.69, 9.17) is 11.6 Å². The molecule has 0 bridgehead atoms. The summed E-state index contributed by atoms with van der Waals surface area (Å²) in [4.78, 5) is 13.8. The van der Waals surface area contributed by atoms with Gasteiger partial charge in [-0.05, 0) is 54.2 Å². The van der Waals surface area contributed by atoms with Crippen LogP contribution >= 0.6 is 11.6 Å². The molecule has 0 atom stereocenters. The van der Waals surface area contributed by atoms with Gasteiger partial charge in [-0.3, -0.25) is 0 Å². The second kappa shape index (κ2) is 6.22. The van der Waals surface area contributed by atoms with Crippen molar-refractivity contribution in [1.82, 2.24) is 19.5 Å². The van der Waals surface area contributed by atoms with Gasteiger partial charge in [0.15, 0.2) is 5.82 Å². The van der Waals surface area contributed by atoms with Crippen LogP contribution in [0.3, 0.4) is 0 Å². The molecular formula is C21H17ClN4. The molecule has 0 spiro atoms. The summed E-state index contributed by atoms with van der Waals surface area (Å²) < 4.78 is 2.14. The first-order valence-electron chi connectivity index (χ1n) is 8.78. The number of rotatable bonds is 4. The van der Waals surface area contributed by atoms with E-state index in [1.54, 1.807) is 0 Å². The third-order valence-corrected chi connectivity index (χ3v) is 5.11. The maximum absolute atomic E-state index is 6.00. The van der Waals surface area contributed by atoms with Crippen LogP contribution in [-0.4, -0.2) is 19.5 Å². The summed E-state index contributed by atoms with van der Waals surface area (Å²) in [6.07, 6.45) is 10.4. The highest BCUT2D eigenvalue weighted by Crippen LogP contribution is 2.39. The Morgan fingerprint density at radius 1 is 1.00 bits per heavy atom. The van der Waals surface area contributed by atoms with E-state index in [1.165, 1.54) is 24.0 Å². The lowest BCUT2D eigenvalue weighted by Crippen LogP contribution is -1.98. The van der Waals surface area contributed by atoms with E-state index in [-0.39, 0.29) is 0 Å². The number of benzene rings is 1. The number of pyridine rings is 1. The summed E-state index contributed by atoms with van der Waals surface area (Å²) in [5.41, 5.74) is 4.38. The summed E-state index contributed by atoms with van der Waals surface area (Å²) in [7, 11) is 0. The Morgan fingerprint density at radius 2 is 1.77 bits per heavy atom. The summed E-state index contributed by atoms with van der Waals surface area (Å²) in [5, 5.41) is 1.81. The minimum Gasteiger partial charge on any atom is -0.327 e. The Hall–Kier alpha value is -2.72. The molecule has 0 radical (unpaired) electrons. The molecule has 4 aromatic rings. The first-order chi connectivity index (χ1) is 12.8. The summed E-state index contributed by atoms with van der Waals surface area (Å²) >= 11 is 6.00. The van der Waals surface area contributed by atoms with E-state index < -0.39 is 0 Å². The van der Waals surface area contributed by atoms with Crippen molar-refractivity contribution in [1.29, 1.82) is 0 Å². The van der Waals surface area contributed by atoms with E-state index >= 15 is 0 Å². The molecule has 1 saturated carbocycles. The molecule has 1 aliphatic rings. The van der Waals surface area contributed by atoms with Crippen LogP contribution in [-0.2, 0) is 6.54 Å². The molecule has 0 unspecified atom stereocenters. The summed E-state index contributed by atoms with van der Waals surface area (Å²) in [5.74, 6) is 1.42. The van der Waals surface area contributed by atoms with Gasteiger partial charge in [-0.15, -0.1) is 0 Å². The largest absolute Gasteiger partial charge is 0.327 e. The van der Waals surface area contributed by atoms with Gasteiger partial charge in [-0.1, -0.05) is 23.7 Å². The Labute approximate surface area is 156 Å². The van der Waals surface area contributed by atoms with Gasteiger partial charge >= 0.3 is 0 Å². The molecule has 0 saturated heterocycles. The molecule has 3 heterocycles. The lowest BCUT2D eigenvalue weighted by atomic mass is 10.2. The first-order valence-corrected chi connectivity index (χ1v) is 9.16. The van der Waals surface area contributed by atoms with Crippen LogP contribution in [0.5, 0.6) is 0 Å². The molecule has 1 aliphatic carbocycles. The third-order valence-electron chi connectivity index (χ3n) is 4.86. The zero-order valence-electron chi connectivity index (χ0n) is 14.1. The smallest absolute Gasteiger partial charge is 0.161 e. The molecule has 1 aromatic carbocycles. The van der Waals surface area contributed by atoms with Crippen molar-refractivity contribution in [2.75, 3.05) is 0 Å². The lowest BCUT2D eigenvalue weighted by molar-refractivity contribution is 0.825. The number of hydrogen-bond acceptors (Lipinski definition) is 3.